The molecule has 138 valence electrons. The SMILES string of the molecule is CCCC[n+]1cn(C(c2ccccc2)c2ccccc2)c2ccccc21.[Br-]. The number of fused-ring (bicyclic) bond motifs is 1. The number of aromatic nitrogens is 2. The number of halogens is 1. The summed E-state index contributed by atoms with van der Waals surface area (Å²) in [5.74, 6) is 0. The predicted octanol–water partition coefficient (Wildman–Crippen LogP) is 2.37. The van der Waals surface area contributed by atoms with E-state index in [2.05, 4.69) is 107 Å². The van der Waals surface area contributed by atoms with Gasteiger partial charge in [-0.15, -0.1) is 0 Å². The molecule has 3 aromatic carbocycles. The number of imidazole rings is 1. The molecule has 0 radical (unpaired) electrons. The fourth-order valence-corrected chi connectivity index (χ4v) is 3.70. The Morgan fingerprint density at radius 1 is 0.778 bits per heavy atom. The zero-order chi connectivity index (χ0) is 17.8. The Bertz CT molecular complexity index is 938. The van der Waals surface area contributed by atoms with Gasteiger partial charge in [-0.3, -0.25) is 0 Å². The Morgan fingerprint density at radius 2 is 1.33 bits per heavy atom. The highest BCUT2D eigenvalue weighted by molar-refractivity contribution is 5.72. The maximum absolute atomic E-state index is 2.43. The highest BCUT2D eigenvalue weighted by atomic mass is 79.9. The van der Waals surface area contributed by atoms with E-state index in [0.29, 0.717) is 0 Å². The van der Waals surface area contributed by atoms with Gasteiger partial charge in [-0.05, 0) is 18.6 Å². The minimum atomic E-state index is 0. The lowest BCUT2D eigenvalue weighted by Gasteiger charge is -2.15. The van der Waals surface area contributed by atoms with E-state index in [1.54, 1.807) is 0 Å². The zero-order valence-electron chi connectivity index (χ0n) is 15.6. The first-order valence-corrected chi connectivity index (χ1v) is 9.47. The molecule has 0 aliphatic heterocycles. The van der Waals surface area contributed by atoms with Gasteiger partial charge in [0.25, 0.3) is 0 Å². The minimum absolute atomic E-state index is 0. The summed E-state index contributed by atoms with van der Waals surface area (Å²) in [6.45, 7) is 3.30. The molecule has 0 aliphatic carbocycles. The third kappa shape index (κ3) is 3.98. The van der Waals surface area contributed by atoms with Gasteiger partial charge in [0.2, 0.25) is 6.33 Å². The number of unbranched alkanes of at least 4 members (excludes halogenated alkanes) is 1. The molecule has 0 atom stereocenters. The van der Waals surface area contributed by atoms with Crippen LogP contribution >= 0.6 is 0 Å². The summed E-state index contributed by atoms with van der Waals surface area (Å²) in [7, 11) is 0. The second-order valence-corrected chi connectivity index (χ2v) is 6.78. The van der Waals surface area contributed by atoms with E-state index in [1.807, 2.05) is 0 Å². The molecule has 1 heterocycles. The smallest absolute Gasteiger partial charge is 0.245 e. The number of nitrogens with zero attached hydrogens (tertiary/aromatic N) is 2. The molecule has 2 nitrogen and oxygen atoms in total. The topological polar surface area (TPSA) is 8.81 Å². The van der Waals surface area contributed by atoms with Crippen molar-refractivity contribution in [3.63, 3.8) is 0 Å². The van der Waals surface area contributed by atoms with Gasteiger partial charge in [-0.2, -0.15) is 0 Å². The number of benzene rings is 3. The van der Waals surface area contributed by atoms with Crippen LogP contribution in [0, 0.1) is 0 Å². The van der Waals surface area contributed by atoms with Crippen LogP contribution in [0.4, 0.5) is 0 Å². The Balaban J connectivity index is 0.00000210. The Hall–Kier alpha value is -2.39. The van der Waals surface area contributed by atoms with Gasteiger partial charge < -0.3 is 17.0 Å². The average molecular weight is 421 g/mol. The van der Waals surface area contributed by atoms with E-state index < -0.39 is 0 Å². The van der Waals surface area contributed by atoms with E-state index in [-0.39, 0.29) is 23.0 Å². The lowest BCUT2D eigenvalue weighted by atomic mass is 9.98. The summed E-state index contributed by atoms with van der Waals surface area (Å²) in [5.41, 5.74) is 5.20. The van der Waals surface area contributed by atoms with Crippen LogP contribution < -0.4 is 21.5 Å². The molecule has 0 saturated carbocycles. The van der Waals surface area contributed by atoms with Gasteiger partial charge in [-0.1, -0.05) is 86.1 Å². The maximum Gasteiger partial charge on any atom is 0.245 e. The molecule has 0 spiro atoms. The predicted molar refractivity (Wildman–Crippen MR) is 107 cm³/mol. The van der Waals surface area contributed by atoms with E-state index in [0.717, 1.165) is 6.54 Å². The van der Waals surface area contributed by atoms with Crippen LogP contribution in [0.3, 0.4) is 0 Å². The van der Waals surface area contributed by atoms with Crippen LogP contribution in [0.5, 0.6) is 0 Å². The van der Waals surface area contributed by atoms with Gasteiger partial charge in [-0.25, -0.2) is 9.13 Å². The molecule has 0 N–H and O–H groups in total. The molecular formula is C24H25BrN2. The van der Waals surface area contributed by atoms with Crippen molar-refractivity contribution < 1.29 is 21.5 Å². The molecule has 0 aliphatic rings. The van der Waals surface area contributed by atoms with Crippen LogP contribution in [0.25, 0.3) is 11.0 Å². The van der Waals surface area contributed by atoms with Crippen molar-refractivity contribution in [2.45, 2.75) is 32.4 Å². The quantitative estimate of drug-likeness (QED) is 0.423. The first-order valence-electron chi connectivity index (χ1n) is 9.47. The minimum Gasteiger partial charge on any atom is -1.00 e. The summed E-state index contributed by atoms with van der Waals surface area (Å²) in [5, 5.41) is 0. The monoisotopic (exact) mass is 420 g/mol. The average Bonchev–Trinajstić information content (AvgIpc) is 3.07. The van der Waals surface area contributed by atoms with Gasteiger partial charge in [0.1, 0.15) is 0 Å². The van der Waals surface area contributed by atoms with Crippen molar-refractivity contribution in [2.24, 2.45) is 0 Å². The molecular weight excluding hydrogens is 396 g/mol. The molecule has 1 aromatic heterocycles. The van der Waals surface area contributed by atoms with Crippen LogP contribution in [0.1, 0.15) is 36.9 Å². The fourth-order valence-electron chi connectivity index (χ4n) is 3.70. The van der Waals surface area contributed by atoms with Crippen molar-refractivity contribution in [3.8, 4) is 0 Å². The van der Waals surface area contributed by atoms with Gasteiger partial charge in [0.15, 0.2) is 17.1 Å². The van der Waals surface area contributed by atoms with Crippen molar-refractivity contribution in [3.05, 3.63) is 102 Å². The molecule has 0 amide bonds. The summed E-state index contributed by atoms with van der Waals surface area (Å²) in [4.78, 5) is 0. The number of hydrogen-bond donors (Lipinski definition) is 0. The van der Waals surface area contributed by atoms with Gasteiger partial charge in [0.05, 0.1) is 6.54 Å². The van der Waals surface area contributed by atoms with E-state index in [9.17, 15) is 0 Å². The molecule has 0 fully saturated rings. The van der Waals surface area contributed by atoms with Crippen molar-refractivity contribution in [1.29, 1.82) is 0 Å². The number of hydrogen-bond acceptors (Lipinski definition) is 0. The van der Waals surface area contributed by atoms with E-state index >= 15 is 0 Å². The maximum atomic E-state index is 2.43. The molecule has 0 unspecified atom stereocenters. The van der Waals surface area contributed by atoms with Crippen LogP contribution in [-0.4, -0.2) is 4.57 Å². The molecule has 3 heteroatoms. The van der Waals surface area contributed by atoms with Crippen LogP contribution in [0.2, 0.25) is 0 Å². The Kier molecular flexibility index (Phi) is 6.46. The second-order valence-electron chi connectivity index (χ2n) is 6.78. The number of para-hydroxylation sites is 2. The van der Waals surface area contributed by atoms with Crippen LogP contribution in [0.15, 0.2) is 91.3 Å². The molecule has 4 rings (SSSR count). The lowest BCUT2D eigenvalue weighted by molar-refractivity contribution is -0.672. The largest absolute Gasteiger partial charge is 1.00 e. The summed E-state index contributed by atoms with van der Waals surface area (Å²) >= 11 is 0. The van der Waals surface area contributed by atoms with Crippen LogP contribution in [-0.2, 0) is 6.54 Å². The third-order valence-electron chi connectivity index (χ3n) is 4.99. The fraction of sp³-hybridized carbons (Fsp3) is 0.208. The first kappa shape index (κ1) is 19.4. The third-order valence-corrected chi connectivity index (χ3v) is 4.99. The van der Waals surface area contributed by atoms with Crippen molar-refractivity contribution >= 4 is 11.0 Å². The number of rotatable bonds is 6. The summed E-state index contributed by atoms with van der Waals surface area (Å²) in [6.07, 6.45) is 4.69. The van der Waals surface area contributed by atoms with Crippen molar-refractivity contribution in [2.75, 3.05) is 0 Å². The second kappa shape index (κ2) is 9.01. The van der Waals surface area contributed by atoms with E-state index in [1.165, 1.54) is 35.0 Å². The van der Waals surface area contributed by atoms with Gasteiger partial charge >= 0.3 is 0 Å². The first-order chi connectivity index (χ1) is 12.9. The summed E-state index contributed by atoms with van der Waals surface area (Å²) in [6, 6.07) is 30.5. The molecule has 4 aromatic rings. The Morgan fingerprint density at radius 3 is 1.93 bits per heavy atom. The standard InChI is InChI=1S/C24H25N2.BrH/c1-2-3-18-25-19-26(23-17-11-10-16-22(23)25)24(20-12-6-4-7-13-20)21-14-8-5-9-15-21;/h4-17,19,24H,2-3,18H2,1H3;1H/q+1;/p-1. The normalized spacial score (nSPS) is 10.9. The van der Waals surface area contributed by atoms with E-state index in [4.69, 9.17) is 0 Å². The molecule has 0 saturated heterocycles. The van der Waals surface area contributed by atoms with Crippen molar-refractivity contribution in [1.82, 2.24) is 4.57 Å². The zero-order valence-corrected chi connectivity index (χ0v) is 17.2. The highest BCUT2D eigenvalue weighted by Crippen LogP contribution is 2.29. The number of aryl methyl sites for hydroxylation is 1. The Labute approximate surface area is 171 Å². The lowest BCUT2D eigenvalue weighted by Crippen LogP contribution is -3.00. The summed E-state index contributed by atoms with van der Waals surface area (Å²) < 4.78 is 4.83. The highest BCUT2D eigenvalue weighted by Gasteiger charge is 2.25. The molecule has 0 bridgehead atoms. The molecule has 27 heavy (non-hydrogen) atoms. The van der Waals surface area contributed by atoms with Gasteiger partial charge in [0, 0.05) is 11.1 Å².